The number of rotatable bonds is 3. The van der Waals surface area contributed by atoms with Crippen molar-refractivity contribution < 1.29 is 4.79 Å². The summed E-state index contributed by atoms with van der Waals surface area (Å²) in [4.78, 5) is 13.5. The molecule has 0 aliphatic carbocycles. The molecule has 0 radical (unpaired) electrons. The van der Waals surface area contributed by atoms with Gasteiger partial charge >= 0.3 is 0 Å². The van der Waals surface area contributed by atoms with Crippen molar-refractivity contribution in [3.8, 4) is 5.69 Å². The van der Waals surface area contributed by atoms with Crippen molar-refractivity contribution in [2.75, 3.05) is 11.6 Å². The standard InChI is InChI=1S/C19H17N3OS/c1-24-15-9-7-13(8-10-15)16-11-18(23)21-19-17(16)12-20-22(19)14-5-3-2-4-6-14/h2-10,12,16H,11H2,1H3,(H,21,23). The van der Waals surface area contributed by atoms with E-state index in [1.165, 1.54) is 4.90 Å². The Morgan fingerprint density at radius 2 is 1.88 bits per heavy atom. The van der Waals surface area contributed by atoms with Crippen LogP contribution >= 0.6 is 11.8 Å². The van der Waals surface area contributed by atoms with Gasteiger partial charge in [0, 0.05) is 22.8 Å². The van der Waals surface area contributed by atoms with Crippen LogP contribution in [0.2, 0.25) is 0 Å². The van der Waals surface area contributed by atoms with Crippen LogP contribution in [0.5, 0.6) is 0 Å². The van der Waals surface area contributed by atoms with Gasteiger partial charge in [-0.3, -0.25) is 4.79 Å². The van der Waals surface area contributed by atoms with Gasteiger partial charge in [-0.05, 0) is 36.1 Å². The average Bonchev–Trinajstić information content (AvgIpc) is 3.05. The minimum absolute atomic E-state index is 0.0270. The highest BCUT2D eigenvalue weighted by Gasteiger charge is 2.30. The zero-order chi connectivity index (χ0) is 16.5. The SMILES string of the molecule is CSc1ccc(C2CC(=O)Nc3c2cnn3-c2ccccc2)cc1. The summed E-state index contributed by atoms with van der Waals surface area (Å²) in [5.41, 5.74) is 3.16. The predicted octanol–water partition coefficient (Wildman–Crippen LogP) is 4.07. The zero-order valence-corrected chi connectivity index (χ0v) is 14.1. The Labute approximate surface area is 144 Å². The van der Waals surface area contributed by atoms with Crippen LogP contribution in [0.25, 0.3) is 5.69 Å². The Morgan fingerprint density at radius 1 is 1.12 bits per heavy atom. The average molecular weight is 335 g/mol. The molecule has 120 valence electrons. The fraction of sp³-hybridized carbons (Fsp3) is 0.158. The number of fused-ring (bicyclic) bond motifs is 1. The first-order valence-corrected chi connectivity index (χ1v) is 9.06. The van der Waals surface area contributed by atoms with Crippen LogP contribution in [0.1, 0.15) is 23.5 Å². The topological polar surface area (TPSA) is 46.9 Å². The highest BCUT2D eigenvalue weighted by molar-refractivity contribution is 7.98. The van der Waals surface area contributed by atoms with Gasteiger partial charge in [0.15, 0.2) is 0 Å². The van der Waals surface area contributed by atoms with E-state index in [4.69, 9.17) is 0 Å². The number of hydrogen-bond acceptors (Lipinski definition) is 3. The van der Waals surface area contributed by atoms with Gasteiger partial charge in [-0.15, -0.1) is 11.8 Å². The molecule has 0 bridgehead atoms. The first-order valence-electron chi connectivity index (χ1n) is 7.83. The number of thioether (sulfide) groups is 1. The van der Waals surface area contributed by atoms with Gasteiger partial charge in [0.2, 0.25) is 5.91 Å². The van der Waals surface area contributed by atoms with E-state index >= 15 is 0 Å². The lowest BCUT2D eigenvalue weighted by atomic mass is 9.87. The molecule has 0 saturated heterocycles. The maximum atomic E-state index is 12.3. The second-order valence-corrected chi connectivity index (χ2v) is 6.65. The summed E-state index contributed by atoms with van der Waals surface area (Å²) in [5, 5.41) is 7.50. The Hall–Kier alpha value is -2.53. The van der Waals surface area contributed by atoms with Crippen molar-refractivity contribution in [2.24, 2.45) is 0 Å². The second-order valence-electron chi connectivity index (χ2n) is 5.77. The fourth-order valence-electron chi connectivity index (χ4n) is 3.12. The van der Waals surface area contributed by atoms with Crippen molar-refractivity contribution in [1.29, 1.82) is 0 Å². The minimum Gasteiger partial charge on any atom is -0.310 e. The van der Waals surface area contributed by atoms with Gasteiger partial charge < -0.3 is 5.32 Å². The molecule has 4 nitrogen and oxygen atoms in total. The van der Waals surface area contributed by atoms with E-state index in [0.717, 1.165) is 22.6 Å². The molecule has 1 aromatic heterocycles. The van der Waals surface area contributed by atoms with E-state index in [0.29, 0.717) is 6.42 Å². The minimum atomic E-state index is 0.0270. The zero-order valence-electron chi connectivity index (χ0n) is 13.3. The Morgan fingerprint density at radius 3 is 2.58 bits per heavy atom. The van der Waals surface area contributed by atoms with E-state index in [1.807, 2.05) is 36.5 Å². The van der Waals surface area contributed by atoms with Crippen molar-refractivity contribution in [2.45, 2.75) is 17.2 Å². The second kappa shape index (κ2) is 6.17. The molecule has 0 spiro atoms. The van der Waals surface area contributed by atoms with E-state index < -0.39 is 0 Å². The molecule has 0 fully saturated rings. The van der Waals surface area contributed by atoms with Crippen LogP contribution in [0.3, 0.4) is 0 Å². The van der Waals surface area contributed by atoms with E-state index in [-0.39, 0.29) is 11.8 Å². The highest BCUT2D eigenvalue weighted by atomic mass is 32.2. The molecule has 1 amide bonds. The van der Waals surface area contributed by atoms with Gasteiger partial charge in [0.05, 0.1) is 11.9 Å². The van der Waals surface area contributed by atoms with Crippen LogP contribution < -0.4 is 5.32 Å². The van der Waals surface area contributed by atoms with Crippen molar-refractivity contribution in [1.82, 2.24) is 9.78 Å². The summed E-state index contributed by atoms with van der Waals surface area (Å²) in [6.45, 7) is 0. The summed E-state index contributed by atoms with van der Waals surface area (Å²) in [7, 11) is 0. The number of amides is 1. The third-order valence-corrected chi connectivity index (χ3v) is 5.08. The first-order chi connectivity index (χ1) is 11.8. The van der Waals surface area contributed by atoms with E-state index in [1.54, 1.807) is 16.4 Å². The summed E-state index contributed by atoms with van der Waals surface area (Å²) in [6, 6.07) is 18.3. The molecule has 1 N–H and O–H groups in total. The number of hydrogen-bond donors (Lipinski definition) is 1. The number of para-hydroxylation sites is 1. The maximum Gasteiger partial charge on any atom is 0.226 e. The molecule has 5 heteroatoms. The summed E-state index contributed by atoms with van der Waals surface area (Å²) >= 11 is 1.72. The Balaban J connectivity index is 1.78. The summed E-state index contributed by atoms with van der Waals surface area (Å²) in [6.07, 6.45) is 4.38. The molecular formula is C19H17N3OS. The first kappa shape index (κ1) is 15.0. The molecular weight excluding hydrogens is 318 g/mol. The highest BCUT2D eigenvalue weighted by Crippen LogP contribution is 2.38. The largest absolute Gasteiger partial charge is 0.310 e. The van der Waals surface area contributed by atoms with Crippen LogP contribution in [-0.2, 0) is 4.79 Å². The molecule has 24 heavy (non-hydrogen) atoms. The molecule has 1 aliphatic rings. The van der Waals surface area contributed by atoms with Crippen molar-refractivity contribution in [3.05, 3.63) is 71.9 Å². The Kier molecular flexibility index (Phi) is 3.86. The van der Waals surface area contributed by atoms with Crippen molar-refractivity contribution in [3.63, 3.8) is 0 Å². The normalized spacial score (nSPS) is 16.5. The monoisotopic (exact) mass is 335 g/mol. The number of nitrogens with zero attached hydrogens (tertiary/aromatic N) is 2. The molecule has 2 heterocycles. The van der Waals surface area contributed by atoms with Crippen molar-refractivity contribution >= 4 is 23.5 Å². The fourth-order valence-corrected chi connectivity index (χ4v) is 3.53. The van der Waals surface area contributed by atoms with Crippen LogP contribution in [0.15, 0.2) is 65.7 Å². The van der Waals surface area contributed by atoms with E-state index in [9.17, 15) is 4.79 Å². The molecule has 1 unspecified atom stereocenters. The lowest BCUT2D eigenvalue weighted by molar-refractivity contribution is -0.116. The molecule has 0 saturated carbocycles. The third-order valence-electron chi connectivity index (χ3n) is 4.34. The van der Waals surface area contributed by atoms with Gasteiger partial charge in [-0.1, -0.05) is 30.3 Å². The number of benzene rings is 2. The van der Waals surface area contributed by atoms with Crippen LogP contribution in [0, 0.1) is 0 Å². The quantitative estimate of drug-likeness (QED) is 0.734. The third kappa shape index (κ3) is 2.61. The smallest absolute Gasteiger partial charge is 0.226 e. The van der Waals surface area contributed by atoms with E-state index in [2.05, 4.69) is 40.9 Å². The van der Waals surface area contributed by atoms with Crippen LogP contribution in [-0.4, -0.2) is 21.9 Å². The summed E-state index contributed by atoms with van der Waals surface area (Å²) < 4.78 is 1.80. The molecule has 1 aliphatic heterocycles. The predicted molar refractivity (Wildman–Crippen MR) is 96.9 cm³/mol. The van der Waals surface area contributed by atoms with Gasteiger partial charge in [0.1, 0.15) is 5.82 Å². The lowest BCUT2D eigenvalue weighted by Crippen LogP contribution is -2.24. The summed E-state index contributed by atoms with van der Waals surface area (Å²) in [5.74, 6) is 0.845. The lowest BCUT2D eigenvalue weighted by Gasteiger charge is -2.24. The maximum absolute atomic E-state index is 12.3. The number of carbonyl (C=O) groups excluding carboxylic acids is 1. The molecule has 1 atom stereocenters. The van der Waals surface area contributed by atoms with Gasteiger partial charge in [-0.2, -0.15) is 5.10 Å². The number of anilines is 1. The Bertz CT molecular complexity index is 871. The van der Waals surface area contributed by atoms with Crippen LogP contribution in [0.4, 0.5) is 5.82 Å². The number of carbonyl (C=O) groups is 1. The van der Waals surface area contributed by atoms with Gasteiger partial charge in [0.25, 0.3) is 0 Å². The van der Waals surface area contributed by atoms with Gasteiger partial charge in [-0.25, -0.2) is 4.68 Å². The molecule has 3 aromatic rings. The molecule has 2 aromatic carbocycles. The molecule has 4 rings (SSSR count). The number of aromatic nitrogens is 2. The number of nitrogens with one attached hydrogen (secondary N) is 1.